The number of carbonyl (C=O) groups is 1. The van der Waals surface area contributed by atoms with E-state index in [2.05, 4.69) is 15.3 Å². The molecule has 22 heavy (non-hydrogen) atoms. The van der Waals surface area contributed by atoms with E-state index in [-0.39, 0.29) is 12.1 Å². The Bertz CT molecular complexity index is 473. The monoisotopic (exact) mass is 306 g/mol. The van der Waals surface area contributed by atoms with Crippen molar-refractivity contribution < 1.29 is 9.53 Å². The summed E-state index contributed by atoms with van der Waals surface area (Å²) in [5.41, 5.74) is 0.453. The second kappa shape index (κ2) is 7.54. The number of carbonyl (C=O) groups excluding carboxylic acids is 1. The van der Waals surface area contributed by atoms with Gasteiger partial charge in [0, 0.05) is 44.3 Å². The predicted molar refractivity (Wildman–Crippen MR) is 84.3 cm³/mol. The van der Waals surface area contributed by atoms with Crippen molar-refractivity contribution in [1.82, 2.24) is 20.2 Å². The van der Waals surface area contributed by atoms with Crippen LogP contribution < -0.4 is 5.32 Å². The van der Waals surface area contributed by atoms with Crippen LogP contribution in [-0.2, 0) is 11.3 Å². The van der Waals surface area contributed by atoms with Crippen molar-refractivity contribution in [1.29, 1.82) is 0 Å². The van der Waals surface area contributed by atoms with Gasteiger partial charge in [0.25, 0.3) is 0 Å². The smallest absolute Gasteiger partial charge is 0.410 e. The van der Waals surface area contributed by atoms with E-state index in [0.717, 1.165) is 38.0 Å². The topological polar surface area (TPSA) is 67.3 Å². The van der Waals surface area contributed by atoms with Gasteiger partial charge in [-0.1, -0.05) is 0 Å². The Morgan fingerprint density at radius 1 is 1.41 bits per heavy atom. The van der Waals surface area contributed by atoms with Crippen LogP contribution in [0.15, 0.2) is 18.6 Å². The summed E-state index contributed by atoms with van der Waals surface area (Å²) in [6.45, 7) is 7.87. The SMILES string of the molecule is CC(C)(C)OC(=O)N1CCCCC1CNCc1cnccn1. The fourth-order valence-corrected chi connectivity index (χ4v) is 2.56. The fraction of sp³-hybridized carbons (Fsp3) is 0.688. The highest BCUT2D eigenvalue weighted by Gasteiger charge is 2.30. The van der Waals surface area contributed by atoms with Crippen LogP contribution in [0.5, 0.6) is 0 Å². The first-order chi connectivity index (χ1) is 10.5. The third-order valence-electron chi connectivity index (χ3n) is 3.56. The van der Waals surface area contributed by atoms with Crippen LogP contribution in [0.2, 0.25) is 0 Å². The van der Waals surface area contributed by atoms with Crippen LogP contribution in [0.1, 0.15) is 45.7 Å². The van der Waals surface area contributed by atoms with Crippen molar-refractivity contribution in [2.75, 3.05) is 13.1 Å². The summed E-state index contributed by atoms with van der Waals surface area (Å²) in [6, 6.07) is 0.181. The quantitative estimate of drug-likeness (QED) is 0.925. The predicted octanol–water partition coefficient (Wildman–Crippen LogP) is 2.36. The first kappa shape index (κ1) is 16.7. The number of nitrogens with one attached hydrogen (secondary N) is 1. The molecule has 2 heterocycles. The van der Waals surface area contributed by atoms with Gasteiger partial charge >= 0.3 is 6.09 Å². The second-order valence-electron chi connectivity index (χ2n) is 6.65. The van der Waals surface area contributed by atoms with Crippen molar-refractivity contribution >= 4 is 6.09 Å². The molecule has 122 valence electrons. The molecule has 1 aliphatic rings. The molecule has 0 radical (unpaired) electrons. The molecule has 0 bridgehead atoms. The molecule has 1 N–H and O–H groups in total. The molecule has 1 aliphatic heterocycles. The highest BCUT2D eigenvalue weighted by atomic mass is 16.6. The van der Waals surface area contributed by atoms with Gasteiger partial charge in [0.15, 0.2) is 0 Å². The second-order valence-corrected chi connectivity index (χ2v) is 6.65. The lowest BCUT2D eigenvalue weighted by Gasteiger charge is -2.36. The summed E-state index contributed by atoms with van der Waals surface area (Å²) >= 11 is 0. The third-order valence-corrected chi connectivity index (χ3v) is 3.56. The molecule has 0 aromatic carbocycles. The fourth-order valence-electron chi connectivity index (χ4n) is 2.56. The van der Waals surface area contributed by atoms with E-state index in [1.54, 1.807) is 18.6 Å². The van der Waals surface area contributed by atoms with Gasteiger partial charge in [-0.05, 0) is 40.0 Å². The number of likely N-dealkylation sites (tertiary alicyclic amines) is 1. The molecule has 1 unspecified atom stereocenters. The van der Waals surface area contributed by atoms with E-state index in [9.17, 15) is 4.79 Å². The van der Waals surface area contributed by atoms with Crippen LogP contribution in [0.25, 0.3) is 0 Å². The van der Waals surface area contributed by atoms with Crippen LogP contribution in [0, 0.1) is 0 Å². The lowest BCUT2D eigenvalue weighted by molar-refractivity contribution is 0.00993. The Morgan fingerprint density at radius 2 is 2.23 bits per heavy atom. The molecule has 6 heteroatoms. The van der Waals surface area contributed by atoms with Crippen molar-refractivity contribution in [3.05, 3.63) is 24.3 Å². The molecule has 0 saturated carbocycles. The van der Waals surface area contributed by atoms with E-state index in [0.29, 0.717) is 6.54 Å². The van der Waals surface area contributed by atoms with Gasteiger partial charge in [-0.3, -0.25) is 9.97 Å². The number of aromatic nitrogens is 2. The number of hydrogen-bond acceptors (Lipinski definition) is 5. The largest absolute Gasteiger partial charge is 0.444 e. The van der Waals surface area contributed by atoms with Crippen LogP contribution in [0.3, 0.4) is 0 Å². The Kier molecular flexibility index (Phi) is 5.71. The zero-order valence-electron chi connectivity index (χ0n) is 13.7. The van der Waals surface area contributed by atoms with Crippen molar-refractivity contribution in [3.8, 4) is 0 Å². The van der Waals surface area contributed by atoms with Crippen LogP contribution in [0.4, 0.5) is 4.79 Å². The Morgan fingerprint density at radius 3 is 2.91 bits per heavy atom. The van der Waals surface area contributed by atoms with Gasteiger partial charge < -0.3 is 15.0 Å². The lowest BCUT2D eigenvalue weighted by atomic mass is 10.0. The van der Waals surface area contributed by atoms with E-state index in [1.165, 1.54) is 0 Å². The first-order valence-corrected chi connectivity index (χ1v) is 7.91. The number of amides is 1. The zero-order chi connectivity index (χ0) is 16.0. The minimum absolute atomic E-state index is 0.181. The first-order valence-electron chi connectivity index (χ1n) is 7.91. The van der Waals surface area contributed by atoms with Gasteiger partial charge in [-0.2, -0.15) is 0 Å². The Labute approximate surface area is 132 Å². The summed E-state index contributed by atoms with van der Waals surface area (Å²) in [7, 11) is 0. The van der Waals surface area contributed by atoms with Gasteiger partial charge in [-0.15, -0.1) is 0 Å². The molecule has 6 nitrogen and oxygen atoms in total. The van der Waals surface area contributed by atoms with Crippen LogP contribution in [-0.4, -0.2) is 45.7 Å². The molecule has 0 aliphatic carbocycles. The standard InChI is InChI=1S/C16H26N4O2/c1-16(2,3)22-15(21)20-9-5-4-6-14(20)12-18-11-13-10-17-7-8-19-13/h7-8,10,14,18H,4-6,9,11-12H2,1-3H3. The summed E-state index contributed by atoms with van der Waals surface area (Å²) in [5.74, 6) is 0. The van der Waals surface area contributed by atoms with Crippen molar-refractivity contribution in [3.63, 3.8) is 0 Å². The molecule has 1 fully saturated rings. The molecular weight excluding hydrogens is 280 g/mol. The van der Waals surface area contributed by atoms with Gasteiger partial charge in [0.1, 0.15) is 5.60 Å². The van der Waals surface area contributed by atoms with E-state index >= 15 is 0 Å². The number of piperidine rings is 1. The number of nitrogens with zero attached hydrogens (tertiary/aromatic N) is 3. The normalized spacial score (nSPS) is 19.0. The molecule has 0 spiro atoms. The number of ether oxygens (including phenoxy) is 1. The minimum atomic E-state index is -0.452. The average molecular weight is 306 g/mol. The summed E-state index contributed by atoms with van der Waals surface area (Å²) < 4.78 is 5.51. The molecule has 1 amide bonds. The maximum Gasteiger partial charge on any atom is 0.410 e. The molecular formula is C16H26N4O2. The van der Waals surface area contributed by atoms with Crippen molar-refractivity contribution in [2.24, 2.45) is 0 Å². The summed E-state index contributed by atoms with van der Waals surface area (Å²) in [4.78, 5) is 22.5. The average Bonchev–Trinajstić information content (AvgIpc) is 2.47. The zero-order valence-corrected chi connectivity index (χ0v) is 13.7. The van der Waals surface area contributed by atoms with E-state index < -0.39 is 5.60 Å². The van der Waals surface area contributed by atoms with Gasteiger partial charge in [-0.25, -0.2) is 4.79 Å². The molecule has 1 atom stereocenters. The minimum Gasteiger partial charge on any atom is -0.444 e. The maximum absolute atomic E-state index is 12.3. The summed E-state index contributed by atoms with van der Waals surface area (Å²) in [6.07, 6.45) is 8.08. The molecule has 1 saturated heterocycles. The lowest BCUT2D eigenvalue weighted by Crippen LogP contribution is -2.50. The summed E-state index contributed by atoms with van der Waals surface area (Å²) in [5, 5.41) is 3.37. The van der Waals surface area contributed by atoms with Gasteiger partial charge in [0.05, 0.1) is 5.69 Å². The van der Waals surface area contributed by atoms with E-state index in [4.69, 9.17) is 4.74 Å². The molecule has 2 rings (SSSR count). The Hall–Kier alpha value is -1.69. The maximum atomic E-state index is 12.3. The highest BCUT2D eigenvalue weighted by molar-refractivity contribution is 5.68. The Balaban J connectivity index is 1.85. The van der Waals surface area contributed by atoms with E-state index in [1.807, 2.05) is 25.7 Å². The third kappa shape index (κ3) is 5.26. The highest BCUT2D eigenvalue weighted by Crippen LogP contribution is 2.20. The van der Waals surface area contributed by atoms with Crippen LogP contribution >= 0.6 is 0 Å². The number of hydrogen-bond donors (Lipinski definition) is 1. The number of rotatable bonds is 4. The van der Waals surface area contributed by atoms with Gasteiger partial charge in [0.2, 0.25) is 0 Å². The molecule has 1 aromatic heterocycles. The molecule has 1 aromatic rings. The van der Waals surface area contributed by atoms with Crippen molar-refractivity contribution in [2.45, 2.75) is 58.2 Å².